The minimum absolute atomic E-state index is 0.0760. The molecule has 0 bridgehead atoms. The van der Waals surface area contributed by atoms with Gasteiger partial charge in [0.05, 0.1) is 13.2 Å². The zero-order valence-electron chi connectivity index (χ0n) is 14.3. The summed E-state index contributed by atoms with van der Waals surface area (Å²) >= 11 is 0. The van der Waals surface area contributed by atoms with E-state index in [1.165, 1.54) is 12.8 Å². The highest BCUT2D eigenvalue weighted by molar-refractivity contribution is 5.92. The van der Waals surface area contributed by atoms with Crippen LogP contribution in [0.15, 0.2) is 12.1 Å². The van der Waals surface area contributed by atoms with Crippen molar-refractivity contribution in [3.63, 3.8) is 0 Å². The van der Waals surface area contributed by atoms with Gasteiger partial charge in [0.25, 0.3) is 5.91 Å². The number of unbranched alkanes of at least 4 members (excludes halogenated alkanes) is 2. The summed E-state index contributed by atoms with van der Waals surface area (Å²) < 4.78 is 11.4. The van der Waals surface area contributed by atoms with Gasteiger partial charge >= 0.3 is 0 Å². The number of hydrogen-bond donors (Lipinski definition) is 1. The van der Waals surface area contributed by atoms with Crippen LogP contribution in [-0.4, -0.2) is 59.6 Å². The molecule has 0 aromatic carbocycles. The summed E-state index contributed by atoms with van der Waals surface area (Å²) in [6.07, 6.45) is 4.92. The average molecular weight is 334 g/mol. The summed E-state index contributed by atoms with van der Waals surface area (Å²) in [4.78, 5) is 14.3. The molecule has 0 unspecified atom stereocenters. The van der Waals surface area contributed by atoms with Gasteiger partial charge in [0, 0.05) is 32.5 Å². The normalized spacial score (nSPS) is 19.6. The van der Waals surface area contributed by atoms with Crippen LogP contribution in [0.2, 0.25) is 0 Å². The lowest BCUT2D eigenvalue weighted by molar-refractivity contribution is -0.181. The summed E-state index contributed by atoms with van der Waals surface area (Å²) in [7, 11) is 0. The Balaban J connectivity index is 1.50. The minimum Gasteiger partial charge on any atom is -0.369 e. The Morgan fingerprint density at radius 3 is 2.58 bits per heavy atom. The molecule has 1 N–H and O–H groups in total. The smallest absolute Gasteiger partial charge is 0.274 e. The van der Waals surface area contributed by atoms with Crippen LogP contribution in [0.25, 0.3) is 0 Å². The summed E-state index contributed by atoms with van der Waals surface area (Å²) in [6, 6.07) is 3.56. The van der Waals surface area contributed by atoms with Gasteiger partial charge in [-0.25, -0.2) is 0 Å². The SMILES string of the molecule is CCCCCNc1ccc(C(=O)N2CCC3(CC2)OCCO3)nn1. The number of hydrogen-bond acceptors (Lipinski definition) is 6. The molecule has 0 atom stereocenters. The van der Waals surface area contributed by atoms with E-state index in [2.05, 4.69) is 22.4 Å². The van der Waals surface area contributed by atoms with Crippen molar-refractivity contribution < 1.29 is 14.3 Å². The lowest BCUT2D eigenvalue weighted by Crippen LogP contribution is -2.47. The van der Waals surface area contributed by atoms with Gasteiger partial charge in [-0.05, 0) is 18.6 Å². The number of carbonyl (C=O) groups is 1. The second-order valence-corrected chi connectivity index (χ2v) is 6.34. The van der Waals surface area contributed by atoms with E-state index in [-0.39, 0.29) is 5.91 Å². The molecule has 7 nitrogen and oxygen atoms in total. The molecular weight excluding hydrogens is 308 g/mol. The molecule has 2 aliphatic heterocycles. The van der Waals surface area contributed by atoms with Crippen LogP contribution in [0.1, 0.15) is 49.5 Å². The van der Waals surface area contributed by atoms with Gasteiger partial charge in [-0.15, -0.1) is 10.2 Å². The Kier molecular flexibility index (Phi) is 5.63. The monoisotopic (exact) mass is 334 g/mol. The van der Waals surface area contributed by atoms with Crippen molar-refractivity contribution >= 4 is 11.7 Å². The maximum Gasteiger partial charge on any atom is 0.274 e. The Morgan fingerprint density at radius 1 is 1.21 bits per heavy atom. The average Bonchev–Trinajstić information content (AvgIpc) is 3.07. The first kappa shape index (κ1) is 17.1. The van der Waals surface area contributed by atoms with Crippen LogP contribution in [-0.2, 0) is 9.47 Å². The summed E-state index contributed by atoms with van der Waals surface area (Å²) in [5.74, 6) is 0.176. The third kappa shape index (κ3) is 4.02. The molecule has 2 fully saturated rings. The standard InChI is InChI=1S/C17H26N4O3/c1-2-3-4-9-18-15-6-5-14(19-20-15)16(22)21-10-7-17(8-11-21)23-12-13-24-17/h5-6H,2-4,7-13H2,1H3,(H,18,20). The van der Waals surface area contributed by atoms with E-state index in [9.17, 15) is 4.79 Å². The third-order valence-electron chi connectivity index (χ3n) is 4.60. The van der Waals surface area contributed by atoms with Crippen LogP contribution in [0, 0.1) is 0 Å². The molecule has 3 heterocycles. The van der Waals surface area contributed by atoms with E-state index in [1.54, 1.807) is 11.0 Å². The zero-order chi connectivity index (χ0) is 16.8. The maximum atomic E-state index is 12.5. The van der Waals surface area contributed by atoms with Crippen LogP contribution in [0.3, 0.4) is 0 Å². The highest BCUT2D eigenvalue weighted by Crippen LogP contribution is 2.31. The first-order valence-electron chi connectivity index (χ1n) is 8.87. The first-order chi connectivity index (χ1) is 11.7. The molecule has 1 aromatic rings. The molecule has 2 saturated heterocycles. The van der Waals surface area contributed by atoms with E-state index in [4.69, 9.17) is 9.47 Å². The molecule has 3 rings (SSSR count). The quantitative estimate of drug-likeness (QED) is 0.803. The predicted molar refractivity (Wildman–Crippen MR) is 89.8 cm³/mol. The van der Waals surface area contributed by atoms with Crippen LogP contribution in [0.5, 0.6) is 0 Å². The van der Waals surface area contributed by atoms with Crippen LogP contribution >= 0.6 is 0 Å². The molecule has 1 aromatic heterocycles. The first-order valence-corrected chi connectivity index (χ1v) is 8.87. The topological polar surface area (TPSA) is 76.6 Å². The predicted octanol–water partition coefficient (Wildman–Crippen LogP) is 2.06. The zero-order valence-corrected chi connectivity index (χ0v) is 14.3. The lowest BCUT2D eigenvalue weighted by Gasteiger charge is -2.37. The fourth-order valence-electron chi connectivity index (χ4n) is 3.13. The fourth-order valence-corrected chi connectivity index (χ4v) is 3.13. The van der Waals surface area contributed by atoms with Crippen LogP contribution < -0.4 is 5.32 Å². The molecule has 0 radical (unpaired) electrons. The molecule has 1 spiro atoms. The van der Waals surface area contributed by atoms with Crippen molar-refractivity contribution in [1.29, 1.82) is 0 Å². The summed E-state index contributed by atoms with van der Waals surface area (Å²) in [5, 5.41) is 11.4. The molecule has 0 aliphatic carbocycles. The number of nitrogens with one attached hydrogen (secondary N) is 1. The number of amides is 1. The van der Waals surface area contributed by atoms with Crippen molar-refractivity contribution in [2.75, 3.05) is 38.2 Å². The number of rotatable bonds is 6. The van der Waals surface area contributed by atoms with Crippen molar-refractivity contribution in [1.82, 2.24) is 15.1 Å². The van der Waals surface area contributed by atoms with Gasteiger partial charge in [-0.1, -0.05) is 19.8 Å². The molecule has 24 heavy (non-hydrogen) atoms. The summed E-state index contributed by atoms with van der Waals surface area (Å²) in [5.41, 5.74) is 0.387. The second kappa shape index (κ2) is 7.90. The molecule has 7 heteroatoms. The van der Waals surface area contributed by atoms with E-state index >= 15 is 0 Å². The minimum atomic E-state index is -0.464. The summed E-state index contributed by atoms with van der Waals surface area (Å²) in [6.45, 7) is 5.59. The number of ether oxygens (including phenoxy) is 2. The van der Waals surface area contributed by atoms with Gasteiger partial charge < -0.3 is 19.7 Å². The number of anilines is 1. The van der Waals surface area contributed by atoms with Gasteiger partial charge in [-0.2, -0.15) is 0 Å². The lowest BCUT2D eigenvalue weighted by atomic mass is 10.0. The highest BCUT2D eigenvalue weighted by Gasteiger charge is 2.41. The molecular formula is C17H26N4O3. The van der Waals surface area contributed by atoms with Gasteiger partial charge in [0.2, 0.25) is 0 Å². The number of nitrogens with zero attached hydrogens (tertiary/aromatic N) is 3. The van der Waals surface area contributed by atoms with Gasteiger partial charge in [-0.3, -0.25) is 4.79 Å². The third-order valence-corrected chi connectivity index (χ3v) is 4.60. The Morgan fingerprint density at radius 2 is 1.96 bits per heavy atom. The number of likely N-dealkylation sites (tertiary alicyclic amines) is 1. The van der Waals surface area contributed by atoms with E-state index in [0.717, 1.165) is 13.0 Å². The Bertz CT molecular complexity index is 533. The van der Waals surface area contributed by atoms with E-state index < -0.39 is 5.79 Å². The van der Waals surface area contributed by atoms with Gasteiger partial charge in [0.15, 0.2) is 11.5 Å². The van der Waals surface area contributed by atoms with Crippen LogP contribution in [0.4, 0.5) is 5.82 Å². The number of carbonyl (C=O) groups excluding carboxylic acids is 1. The molecule has 2 aliphatic rings. The van der Waals surface area contributed by atoms with Crippen molar-refractivity contribution in [3.05, 3.63) is 17.8 Å². The van der Waals surface area contributed by atoms with E-state index in [1.807, 2.05) is 6.07 Å². The van der Waals surface area contributed by atoms with Crippen molar-refractivity contribution in [3.8, 4) is 0 Å². The number of piperidine rings is 1. The molecule has 132 valence electrons. The van der Waals surface area contributed by atoms with Crippen molar-refractivity contribution in [2.24, 2.45) is 0 Å². The highest BCUT2D eigenvalue weighted by atomic mass is 16.7. The Hall–Kier alpha value is -1.73. The Labute approximate surface area is 142 Å². The second-order valence-electron chi connectivity index (χ2n) is 6.34. The molecule has 0 saturated carbocycles. The van der Waals surface area contributed by atoms with Crippen molar-refractivity contribution in [2.45, 2.75) is 44.8 Å². The molecule has 1 amide bonds. The fraction of sp³-hybridized carbons (Fsp3) is 0.706. The van der Waals surface area contributed by atoms with E-state index in [0.29, 0.717) is 50.7 Å². The number of aromatic nitrogens is 2. The maximum absolute atomic E-state index is 12.5. The van der Waals surface area contributed by atoms with Gasteiger partial charge in [0.1, 0.15) is 5.82 Å². The largest absolute Gasteiger partial charge is 0.369 e.